The molecule has 0 spiro atoms. The molecule has 1 atom stereocenters. The summed E-state index contributed by atoms with van der Waals surface area (Å²) >= 11 is 6.00. The zero-order valence-corrected chi connectivity index (χ0v) is 9.52. The molecule has 16 heavy (non-hydrogen) atoms. The normalized spacial score (nSPS) is 20.8. The number of anilines is 1. The molecule has 1 aliphatic rings. The van der Waals surface area contributed by atoms with E-state index in [9.17, 15) is 4.79 Å². The van der Waals surface area contributed by atoms with Crippen molar-refractivity contribution in [2.45, 2.75) is 12.8 Å². The molecule has 0 bridgehead atoms. The standard InChI is InChI=1S/C10H13ClN4O/c11-8-4-13-6-14-10(8)15-3-1-2-7(5-15)9(12)16/h4,6-7H,1-3,5H2,(H2,12,16). The number of aromatic nitrogens is 2. The van der Waals surface area contributed by atoms with Crippen LogP contribution >= 0.6 is 11.6 Å². The van der Waals surface area contributed by atoms with Crippen molar-refractivity contribution in [1.82, 2.24) is 9.97 Å². The zero-order valence-electron chi connectivity index (χ0n) is 8.77. The van der Waals surface area contributed by atoms with Crippen LogP contribution in [0.1, 0.15) is 12.8 Å². The number of primary amides is 1. The number of rotatable bonds is 2. The minimum Gasteiger partial charge on any atom is -0.369 e. The quantitative estimate of drug-likeness (QED) is 0.831. The molecule has 6 heteroatoms. The van der Waals surface area contributed by atoms with Crippen molar-refractivity contribution in [3.63, 3.8) is 0 Å². The van der Waals surface area contributed by atoms with Crippen LogP contribution < -0.4 is 10.6 Å². The van der Waals surface area contributed by atoms with E-state index in [0.717, 1.165) is 19.4 Å². The molecule has 1 unspecified atom stereocenters. The van der Waals surface area contributed by atoms with Gasteiger partial charge < -0.3 is 10.6 Å². The van der Waals surface area contributed by atoms with Gasteiger partial charge in [-0.25, -0.2) is 9.97 Å². The lowest BCUT2D eigenvalue weighted by molar-refractivity contribution is -0.122. The third-order valence-electron chi connectivity index (χ3n) is 2.77. The lowest BCUT2D eigenvalue weighted by Gasteiger charge is -2.32. The molecule has 1 aliphatic heterocycles. The Hall–Kier alpha value is -1.36. The van der Waals surface area contributed by atoms with E-state index in [1.54, 1.807) is 6.20 Å². The van der Waals surface area contributed by atoms with Crippen LogP contribution in [-0.2, 0) is 4.79 Å². The lowest BCUT2D eigenvalue weighted by atomic mass is 9.97. The third-order valence-corrected chi connectivity index (χ3v) is 3.04. The topological polar surface area (TPSA) is 72.1 Å². The third kappa shape index (κ3) is 2.24. The van der Waals surface area contributed by atoms with Gasteiger partial charge in [-0.05, 0) is 12.8 Å². The van der Waals surface area contributed by atoms with Crippen LogP contribution in [0.5, 0.6) is 0 Å². The van der Waals surface area contributed by atoms with Crippen LogP contribution in [0.3, 0.4) is 0 Å². The minimum atomic E-state index is -0.255. The molecule has 0 saturated carbocycles. The number of piperidine rings is 1. The average molecular weight is 241 g/mol. The molecule has 1 saturated heterocycles. The summed E-state index contributed by atoms with van der Waals surface area (Å²) < 4.78 is 0. The maximum absolute atomic E-state index is 11.1. The molecule has 86 valence electrons. The summed E-state index contributed by atoms with van der Waals surface area (Å²) in [5.41, 5.74) is 5.31. The van der Waals surface area contributed by atoms with E-state index >= 15 is 0 Å². The number of nitrogens with two attached hydrogens (primary N) is 1. The van der Waals surface area contributed by atoms with Crippen molar-refractivity contribution in [2.24, 2.45) is 11.7 Å². The number of hydrogen-bond acceptors (Lipinski definition) is 4. The van der Waals surface area contributed by atoms with Gasteiger partial charge in [0.15, 0.2) is 5.82 Å². The molecule has 0 radical (unpaired) electrons. The van der Waals surface area contributed by atoms with Crippen molar-refractivity contribution in [1.29, 1.82) is 0 Å². The molecule has 1 fully saturated rings. The molecule has 0 aliphatic carbocycles. The van der Waals surface area contributed by atoms with Crippen molar-refractivity contribution >= 4 is 23.3 Å². The van der Waals surface area contributed by atoms with Crippen molar-refractivity contribution in [3.05, 3.63) is 17.5 Å². The fourth-order valence-electron chi connectivity index (χ4n) is 1.94. The highest BCUT2D eigenvalue weighted by Gasteiger charge is 2.25. The van der Waals surface area contributed by atoms with Gasteiger partial charge in [0.1, 0.15) is 11.3 Å². The highest BCUT2D eigenvalue weighted by molar-refractivity contribution is 6.32. The summed E-state index contributed by atoms with van der Waals surface area (Å²) in [5.74, 6) is 0.317. The highest BCUT2D eigenvalue weighted by atomic mass is 35.5. The highest BCUT2D eigenvalue weighted by Crippen LogP contribution is 2.26. The summed E-state index contributed by atoms with van der Waals surface area (Å²) in [6, 6.07) is 0. The van der Waals surface area contributed by atoms with Gasteiger partial charge in [0.25, 0.3) is 0 Å². The number of hydrogen-bond donors (Lipinski definition) is 1. The first-order chi connectivity index (χ1) is 7.68. The second-order valence-electron chi connectivity index (χ2n) is 3.88. The molecule has 2 rings (SSSR count). The predicted octanol–water partition coefficient (Wildman–Crippen LogP) is 0.832. The van der Waals surface area contributed by atoms with Gasteiger partial charge in [0, 0.05) is 13.1 Å². The Bertz CT molecular complexity index is 398. The molecule has 0 aromatic carbocycles. The van der Waals surface area contributed by atoms with E-state index in [1.165, 1.54) is 6.33 Å². The van der Waals surface area contributed by atoms with Gasteiger partial charge in [-0.15, -0.1) is 0 Å². The SMILES string of the molecule is NC(=O)C1CCCN(c2ncncc2Cl)C1. The molecule has 1 aromatic rings. The van der Waals surface area contributed by atoms with E-state index in [1.807, 2.05) is 4.90 Å². The van der Waals surface area contributed by atoms with Gasteiger partial charge in [-0.1, -0.05) is 11.6 Å². The molecule has 1 amide bonds. The molecular formula is C10H13ClN4O. The maximum atomic E-state index is 11.1. The van der Waals surface area contributed by atoms with E-state index in [-0.39, 0.29) is 11.8 Å². The summed E-state index contributed by atoms with van der Waals surface area (Å²) in [6.07, 6.45) is 4.77. The van der Waals surface area contributed by atoms with Crippen molar-refractivity contribution in [2.75, 3.05) is 18.0 Å². The first-order valence-corrected chi connectivity index (χ1v) is 5.56. The average Bonchev–Trinajstić information content (AvgIpc) is 2.30. The number of amides is 1. The Morgan fingerprint density at radius 3 is 3.12 bits per heavy atom. The summed E-state index contributed by atoms with van der Waals surface area (Å²) in [7, 11) is 0. The van der Waals surface area contributed by atoms with Crippen LogP contribution in [0.4, 0.5) is 5.82 Å². The maximum Gasteiger partial charge on any atom is 0.222 e. The van der Waals surface area contributed by atoms with Crippen LogP contribution in [0, 0.1) is 5.92 Å². The van der Waals surface area contributed by atoms with Crippen LogP contribution in [0.25, 0.3) is 0 Å². The largest absolute Gasteiger partial charge is 0.369 e. The Labute approximate surface area is 98.6 Å². The second-order valence-corrected chi connectivity index (χ2v) is 4.29. The van der Waals surface area contributed by atoms with Gasteiger partial charge in [-0.3, -0.25) is 4.79 Å². The van der Waals surface area contributed by atoms with E-state index in [2.05, 4.69) is 9.97 Å². The monoisotopic (exact) mass is 240 g/mol. The van der Waals surface area contributed by atoms with E-state index < -0.39 is 0 Å². The Morgan fingerprint density at radius 1 is 1.62 bits per heavy atom. The number of carbonyl (C=O) groups is 1. The van der Waals surface area contributed by atoms with Gasteiger partial charge >= 0.3 is 0 Å². The number of halogens is 1. The Morgan fingerprint density at radius 2 is 2.44 bits per heavy atom. The van der Waals surface area contributed by atoms with Gasteiger partial charge in [-0.2, -0.15) is 0 Å². The van der Waals surface area contributed by atoms with Crippen LogP contribution in [0.2, 0.25) is 5.02 Å². The Kier molecular flexibility index (Phi) is 3.24. The van der Waals surface area contributed by atoms with Crippen LogP contribution in [-0.4, -0.2) is 29.0 Å². The smallest absolute Gasteiger partial charge is 0.222 e. The number of carbonyl (C=O) groups excluding carboxylic acids is 1. The molecule has 1 aromatic heterocycles. The molecule has 5 nitrogen and oxygen atoms in total. The van der Waals surface area contributed by atoms with E-state index in [4.69, 9.17) is 17.3 Å². The summed E-state index contributed by atoms with van der Waals surface area (Å²) in [6.45, 7) is 1.44. The zero-order chi connectivity index (χ0) is 11.5. The lowest BCUT2D eigenvalue weighted by Crippen LogP contribution is -2.41. The Balaban J connectivity index is 2.16. The van der Waals surface area contributed by atoms with Gasteiger partial charge in [0.05, 0.1) is 12.1 Å². The minimum absolute atomic E-state index is 0.111. The first kappa shape index (κ1) is 11.1. The second kappa shape index (κ2) is 4.65. The van der Waals surface area contributed by atoms with Crippen molar-refractivity contribution in [3.8, 4) is 0 Å². The van der Waals surface area contributed by atoms with Crippen molar-refractivity contribution < 1.29 is 4.79 Å². The molecular weight excluding hydrogens is 228 g/mol. The summed E-state index contributed by atoms with van der Waals surface area (Å²) in [5, 5.41) is 0.507. The van der Waals surface area contributed by atoms with Gasteiger partial charge in [0.2, 0.25) is 5.91 Å². The molecule has 2 heterocycles. The summed E-state index contributed by atoms with van der Waals surface area (Å²) in [4.78, 5) is 21.1. The number of nitrogens with zero attached hydrogens (tertiary/aromatic N) is 3. The molecule has 2 N–H and O–H groups in total. The predicted molar refractivity (Wildman–Crippen MR) is 61.2 cm³/mol. The van der Waals surface area contributed by atoms with E-state index in [0.29, 0.717) is 17.4 Å². The first-order valence-electron chi connectivity index (χ1n) is 5.18. The fraction of sp³-hybridized carbons (Fsp3) is 0.500. The van der Waals surface area contributed by atoms with Crippen LogP contribution in [0.15, 0.2) is 12.5 Å². The fourth-order valence-corrected chi connectivity index (χ4v) is 2.17.